The van der Waals surface area contributed by atoms with Crippen molar-refractivity contribution in [1.82, 2.24) is 14.8 Å². The number of alkyl halides is 1. The third-order valence-electron chi connectivity index (χ3n) is 3.22. The molecule has 3 rings (SSSR count). The molecule has 92 valence electrons. The predicted molar refractivity (Wildman–Crippen MR) is 67.0 cm³/mol. The first-order valence-corrected chi connectivity index (χ1v) is 6.05. The molecule has 1 aromatic heterocycles. The average Bonchev–Trinajstić information content (AvgIpc) is 2.92. The molecule has 1 aliphatic rings. The Kier molecular flexibility index (Phi) is 2.70. The second-order valence-electron chi connectivity index (χ2n) is 4.45. The van der Waals surface area contributed by atoms with E-state index in [1.54, 1.807) is 10.8 Å². The van der Waals surface area contributed by atoms with Crippen LogP contribution in [-0.2, 0) is 6.42 Å². The molecular weight excluding hydrogens is 229 g/mol. The molecule has 0 saturated heterocycles. The Bertz CT molecular complexity index is 562. The van der Waals surface area contributed by atoms with Crippen molar-refractivity contribution in [2.24, 2.45) is 0 Å². The topological polar surface area (TPSA) is 30.7 Å². The lowest BCUT2D eigenvalue weighted by Gasteiger charge is -2.11. The van der Waals surface area contributed by atoms with Crippen molar-refractivity contribution >= 4 is 0 Å². The van der Waals surface area contributed by atoms with Crippen LogP contribution in [0.3, 0.4) is 0 Å². The molecule has 0 aliphatic carbocycles. The summed E-state index contributed by atoms with van der Waals surface area (Å²) in [7, 11) is 0. The van der Waals surface area contributed by atoms with Crippen LogP contribution in [0.15, 0.2) is 43.0 Å². The second kappa shape index (κ2) is 4.37. The normalized spacial score (nSPS) is 21.8. The minimum absolute atomic E-state index is 0.0396. The summed E-state index contributed by atoms with van der Waals surface area (Å²) >= 11 is 0. The fourth-order valence-corrected chi connectivity index (χ4v) is 2.39. The molecule has 0 bridgehead atoms. The molecule has 2 heterocycles. The highest BCUT2D eigenvalue weighted by molar-refractivity contribution is 5.23. The monoisotopic (exact) mass is 243 g/mol. The highest BCUT2D eigenvalue weighted by Gasteiger charge is 2.34. The van der Waals surface area contributed by atoms with Crippen molar-refractivity contribution < 1.29 is 4.39 Å². The van der Waals surface area contributed by atoms with Gasteiger partial charge in [0.1, 0.15) is 0 Å². The van der Waals surface area contributed by atoms with Crippen molar-refractivity contribution in [3.63, 3.8) is 0 Å². The smallest absolute Gasteiger partial charge is 0.162 e. The molecule has 4 heteroatoms. The van der Waals surface area contributed by atoms with E-state index < -0.39 is 6.17 Å². The molecule has 0 amide bonds. The van der Waals surface area contributed by atoms with Gasteiger partial charge in [0, 0.05) is 12.8 Å². The zero-order valence-electron chi connectivity index (χ0n) is 9.96. The van der Waals surface area contributed by atoms with Crippen LogP contribution >= 0.6 is 0 Å². The Hall–Kier alpha value is -1.97. The molecule has 18 heavy (non-hydrogen) atoms. The van der Waals surface area contributed by atoms with Crippen molar-refractivity contribution in [3.05, 3.63) is 60.2 Å². The van der Waals surface area contributed by atoms with Gasteiger partial charge in [0.2, 0.25) is 0 Å². The van der Waals surface area contributed by atoms with Crippen molar-refractivity contribution in [2.75, 3.05) is 0 Å². The number of aromatic nitrogens is 3. The number of fused-ring (bicyclic) bond motifs is 1. The molecule has 0 saturated carbocycles. The summed E-state index contributed by atoms with van der Waals surface area (Å²) in [6.07, 6.45) is 1.71. The van der Waals surface area contributed by atoms with Gasteiger partial charge >= 0.3 is 0 Å². The molecule has 0 N–H and O–H groups in total. The Labute approximate surface area is 105 Å². The Morgan fingerprint density at radius 2 is 2.17 bits per heavy atom. The zero-order chi connectivity index (χ0) is 12.5. The Balaban J connectivity index is 2.00. The molecule has 1 aliphatic heterocycles. The first-order chi connectivity index (χ1) is 8.79. The minimum atomic E-state index is -1.03. The third-order valence-corrected chi connectivity index (χ3v) is 3.22. The number of rotatable bonds is 3. The van der Waals surface area contributed by atoms with Gasteiger partial charge in [0.05, 0.1) is 6.04 Å². The highest BCUT2D eigenvalue weighted by Crippen LogP contribution is 2.39. The first-order valence-electron chi connectivity index (χ1n) is 6.05. The summed E-state index contributed by atoms with van der Waals surface area (Å²) in [5.74, 6) is 1.09. The highest BCUT2D eigenvalue weighted by atomic mass is 19.1. The largest absolute Gasteiger partial charge is 0.239 e. The summed E-state index contributed by atoms with van der Waals surface area (Å²) in [4.78, 5) is 4.24. The van der Waals surface area contributed by atoms with Crippen LogP contribution in [0.2, 0.25) is 0 Å². The number of nitrogens with zero attached hydrogens (tertiary/aromatic N) is 3. The van der Waals surface area contributed by atoms with E-state index in [-0.39, 0.29) is 6.04 Å². The summed E-state index contributed by atoms with van der Waals surface area (Å²) in [5, 5.41) is 4.38. The van der Waals surface area contributed by atoms with Crippen LogP contribution in [0.4, 0.5) is 4.39 Å². The Morgan fingerprint density at radius 3 is 2.89 bits per heavy atom. The SMILES string of the molecule is C=CCc1nc2n(n1)C(c1ccccc1)CC2F. The molecule has 2 aromatic rings. The molecule has 2 atom stereocenters. The maximum Gasteiger partial charge on any atom is 0.162 e. The van der Waals surface area contributed by atoms with E-state index in [2.05, 4.69) is 16.7 Å². The molecule has 0 radical (unpaired) electrons. The van der Waals surface area contributed by atoms with Gasteiger partial charge in [-0.1, -0.05) is 36.4 Å². The van der Waals surface area contributed by atoms with Crippen LogP contribution < -0.4 is 0 Å². The van der Waals surface area contributed by atoms with Gasteiger partial charge < -0.3 is 0 Å². The number of halogens is 1. The number of hydrogen-bond donors (Lipinski definition) is 0. The first kappa shape index (κ1) is 11.1. The molecule has 0 spiro atoms. The van der Waals surface area contributed by atoms with Gasteiger partial charge in [-0.05, 0) is 5.56 Å². The van der Waals surface area contributed by atoms with Crippen LogP contribution in [-0.4, -0.2) is 14.8 Å². The van der Waals surface area contributed by atoms with E-state index in [9.17, 15) is 4.39 Å². The van der Waals surface area contributed by atoms with E-state index in [4.69, 9.17) is 0 Å². The summed E-state index contributed by atoms with van der Waals surface area (Å²) in [5.41, 5.74) is 1.08. The van der Waals surface area contributed by atoms with Crippen molar-refractivity contribution in [1.29, 1.82) is 0 Å². The summed E-state index contributed by atoms with van der Waals surface area (Å²) in [6.45, 7) is 3.65. The molecule has 1 aromatic carbocycles. The summed E-state index contributed by atoms with van der Waals surface area (Å²) in [6, 6.07) is 9.84. The lowest BCUT2D eigenvalue weighted by molar-refractivity contribution is 0.328. The predicted octanol–water partition coefficient (Wildman–Crippen LogP) is 3.01. The summed E-state index contributed by atoms with van der Waals surface area (Å²) < 4.78 is 15.7. The van der Waals surface area contributed by atoms with Gasteiger partial charge in [0.25, 0.3) is 0 Å². The van der Waals surface area contributed by atoms with Gasteiger partial charge in [-0.2, -0.15) is 5.10 Å². The van der Waals surface area contributed by atoms with E-state index in [1.807, 2.05) is 30.3 Å². The van der Waals surface area contributed by atoms with E-state index >= 15 is 0 Å². The number of hydrogen-bond acceptors (Lipinski definition) is 2. The second-order valence-corrected chi connectivity index (χ2v) is 4.45. The fourth-order valence-electron chi connectivity index (χ4n) is 2.39. The maximum absolute atomic E-state index is 14.0. The standard InChI is InChI=1S/C14H14FN3/c1-2-6-13-16-14-11(15)9-12(18(14)17-13)10-7-4-3-5-8-10/h2-5,7-8,11-12H,1,6,9H2. The fraction of sp³-hybridized carbons (Fsp3) is 0.286. The average molecular weight is 243 g/mol. The van der Waals surface area contributed by atoms with Crippen LogP contribution in [0.5, 0.6) is 0 Å². The Morgan fingerprint density at radius 1 is 1.39 bits per heavy atom. The van der Waals surface area contributed by atoms with Gasteiger partial charge in [-0.15, -0.1) is 6.58 Å². The van der Waals surface area contributed by atoms with Gasteiger partial charge in [0.15, 0.2) is 17.8 Å². The number of benzene rings is 1. The van der Waals surface area contributed by atoms with Crippen LogP contribution in [0.1, 0.15) is 35.8 Å². The third kappa shape index (κ3) is 1.74. The molecule has 2 unspecified atom stereocenters. The van der Waals surface area contributed by atoms with E-state index in [0.717, 1.165) is 5.56 Å². The van der Waals surface area contributed by atoms with Gasteiger partial charge in [-0.25, -0.2) is 14.1 Å². The van der Waals surface area contributed by atoms with Crippen LogP contribution in [0, 0.1) is 0 Å². The lowest BCUT2D eigenvalue weighted by atomic mass is 10.0. The lowest BCUT2D eigenvalue weighted by Crippen LogP contribution is -2.07. The minimum Gasteiger partial charge on any atom is -0.239 e. The van der Waals surface area contributed by atoms with Crippen molar-refractivity contribution in [2.45, 2.75) is 25.1 Å². The van der Waals surface area contributed by atoms with E-state index in [0.29, 0.717) is 24.5 Å². The molecule has 3 nitrogen and oxygen atoms in total. The molecule has 0 fully saturated rings. The van der Waals surface area contributed by atoms with Gasteiger partial charge in [-0.3, -0.25) is 0 Å². The molecular formula is C14H14FN3. The van der Waals surface area contributed by atoms with E-state index in [1.165, 1.54) is 0 Å². The maximum atomic E-state index is 14.0. The number of allylic oxidation sites excluding steroid dienone is 1. The van der Waals surface area contributed by atoms with Crippen LogP contribution in [0.25, 0.3) is 0 Å². The van der Waals surface area contributed by atoms with Crippen molar-refractivity contribution in [3.8, 4) is 0 Å². The zero-order valence-corrected chi connectivity index (χ0v) is 9.96. The quantitative estimate of drug-likeness (QED) is 0.776.